The second-order valence-corrected chi connectivity index (χ2v) is 3.99. The minimum atomic E-state index is 0.302. The lowest BCUT2D eigenvalue weighted by Gasteiger charge is -2.08. The Bertz CT molecular complexity index is 581. The first-order valence-corrected chi connectivity index (χ1v) is 5.89. The number of ether oxygens (including phenoxy) is 1. The first-order valence-electron chi connectivity index (χ1n) is 5.89. The van der Waals surface area contributed by atoms with E-state index in [1.165, 1.54) is 0 Å². The minimum absolute atomic E-state index is 0.302. The Morgan fingerprint density at radius 1 is 1.44 bits per heavy atom. The Balaban J connectivity index is 2.28. The number of H-pyrrole nitrogens is 1. The second kappa shape index (κ2) is 5.37. The van der Waals surface area contributed by atoms with Gasteiger partial charge in [0.2, 0.25) is 0 Å². The molecule has 0 unspecified atom stereocenters. The lowest BCUT2D eigenvalue weighted by atomic mass is 10.1. The van der Waals surface area contributed by atoms with Gasteiger partial charge in [-0.3, -0.25) is 0 Å². The normalized spacial score (nSPS) is 10.1. The number of aromatic nitrogens is 2. The van der Waals surface area contributed by atoms with Gasteiger partial charge in [-0.15, -0.1) is 0 Å². The van der Waals surface area contributed by atoms with E-state index in [2.05, 4.69) is 22.1 Å². The molecule has 0 aliphatic heterocycles. The molecule has 0 spiro atoms. The smallest absolute Gasteiger partial charge is 0.122 e. The summed E-state index contributed by atoms with van der Waals surface area (Å²) >= 11 is 0. The maximum absolute atomic E-state index is 8.61. The Kier molecular flexibility index (Phi) is 3.63. The van der Waals surface area contributed by atoms with Gasteiger partial charge in [-0.2, -0.15) is 5.26 Å². The van der Waals surface area contributed by atoms with E-state index in [4.69, 9.17) is 10.00 Å². The van der Waals surface area contributed by atoms with Crippen molar-refractivity contribution in [3.05, 3.63) is 35.8 Å². The van der Waals surface area contributed by atoms with Crippen LogP contribution in [0.15, 0.2) is 24.4 Å². The summed E-state index contributed by atoms with van der Waals surface area (Å²) in [6.45, 7) is 4.65. The number of benzene rings is 1. The first-order chi connectivity index (χ1) is 8.74. The van der Waals surface area contributed by atoms with Crippen LogP contribution < -0.4 is 4.74 Å². The predicted molar refractivity (Wildman–Crippen MR) is 69.2 cm³/mol. The van der Waals surface area contributed by atoms with E-state index >= 15 is 0 Å². The van der Waals surface area contributed by atoms with Crippen molar-refractivity contribution >= 4 is 0 Å². The maximum Gasteiger partial charge on any atom is 0.122 e. The van der Waals surface area contributed by atoms with E-state index in [0.717, 1.165) is 22.6 Å². The monoisotopic (exact) mass is 241 g/mol. The van der Waals surface area contributed by atoms with Gasteiger partial charge in [-0.1, -0.05) is 0 Å². The van der Waals surface area contributed by atoms with Crippen LogP contribution in [0.25, 0.3) is 11.3 Å². The molecule has 0 saturated carbocycles. The van der Waals surface area contributed by atoms with E-state index in [1.54, 1.807) is 6.20 Å². The van der Waals surface area contributed by atoms with Gasteiger partial charge in [0.15, 0.2) is 0 Å². The number of aromatic amines is 1. The summed E-state index contributed by atoms with van der Waals surface area (Å²) in [5.41, 5.74) is 3.06. The van der Waals surface area contributed by atoms with Crippen LogP contribution in [0, 0.1) is 18.3 Å². The molecule has 1 heterocycles. The topological polar surface area (TPSA) is 61.7 Å². The van der Waals surface area contributed by atoms with Crippen molar-refractivity contribution in [3.63, 3.8) is 0 Å². The summed E-state index contributed by atoms with van der Waals surface area (Å²) in [7, 11) is 0. The molecule has 1 N–H and O–H groups in total. The van der Waals surface area contributed by atoms with Gasteiger partial charge in [0.05, 0.1) is 31.0 Å². The fourth-order valence-electron chi connectivity index (χ4n) is 1.81. The number of hydrogen-bond acceptors (Lipinski definition) is 3. The molecular weight excluding hydrogens is 226 g/mol. The Morgan fingerprint density at radius 3 is 2.94 bits per heavy atom. The summed E-state index contributed by atoms with van der Waals surface area (Å²) in [6, 6.07) is 8.07. The molecular formula is C14H15N3O. The lowest BCUT2D eigenvalue weighted by Crippen LogP contribution is -1.94. The highest BCUT2D eigenvalue weighted by molar-refractivity contribution is 5.61. The van der Waals surface area contributed by atoms with Crippen molar-refractivity contribution in [3.8, 4) is 23.1 Å². The zero-order valence-corrected chi connectivity index (χ0v) is 10.5. The van der Waals surface area contributed by atoms with Crippen LogP contribution in [-0.4, -0.2) is 16.6 Å². The molecule has 1 aromatic carbocycles. The van der Waals surface area contributed by atoms with Crippen molar-refractivity contribution < 1.29 is 4.74 Å². The summed E-state index contributed by atoms with van der Waals surface area (Å²) < 4.78 is 5.50. The van der Waals surface area contributed by atoms with Crippen molar-refractivity contribution in [1.82, 2.24) is 9.97 Å². The van der Waals surface area contributed by atoms with Crippen LogP contribution in [0.3, 0.4) is 0 Å². The lowest BCUT2D eigenvalue weighted by molar-refractivity contribution is 0.338. The number of hydrogen-bond donors (Lipinski definition) is 1. The van der Waals surface area contributed by atoms with Gasteiger partial charge in [-0.05, 0) is 37.6 Å². The van der Waals surface area contributed by atoms with Crippen molar-refractivity contribution in [2.45, 2.75) is 20.3 Å². The predicted octanol–water partition coefficient (Wildman–Crippen LogP) is 2.85. The molecule has 1 aromatic heterocycles. The maximum atomic E-state index is 8.61. The van der Waals surface area contributed by atoms with E-state index in [1.807, 2.05) is 26.0 Å². The zero-order chi connectivity index (χ0) is 13.0. The molecule has 0 saturated heterocycles. The molecule has 0 atom stereocenters. The summed E-state index contributed by atoms with van der Waals surface area (Å²) in [5, 5.41) is 8.61. The van der Waals surface area contributed by atoms with E-state index in [9.17, 15) is 0 Å². The second-order valence-electron chi connectivity index (χ2n) is 3.99. The molecule has 0 aliphatic carbocycles. The minimum Gasteiger partial charge on any atom is -0.494 e. The quantitative estimate of drug-likeness (QED) is 0.895. The molecule has 0 radical (unpaired) electrons. The van der Waals surface area contributed by atoms with Crippen LogP contribution in [0.2, 0.25) is 0 Å². The number of nitrogens with one attached hydrogen (secondary N) is 1. The van der Waals surface area contributed by atoms with Crippen LogP contribution in [0.1, 0.15) is 18.3 Å². The molecule has 2 rings (SSSR count). The highest BCUT2D eigenvalue weighted by Crippen LogP contribution is 2.25. The zero-order valence-electron chi connectivity index (χ0n) is 10.5. The van der Waals surface area contributed by atoms with Gasteiger partial charge >= 0.3 is 0 Å². The summed E-state index contributed by atoms with van der Waals surface area (Å²) in [6.07, 6.45) is 2.05. The third-order valence-electron chi connectivity index (χ3n) is 2.66. The Hall–Kier alpha value is -2.28. The van der Waals surface area contributed by atoms with Gasteiger partial charge in [0.1, 0.15) is 11.6 Å². The average Bonchev–Trinajstić information content (AvgIpc) is 2.81. The fourth-order valence-corrected chi connectivity index (χ4v) is 1.81. The van der Waals surface area contributed by atoms with E-state index in [0.29, 0.717) is 18.9 Å². The van der Waals surface area contributed by atoms with Crippen LogP contribution in [0.4, 0.5) is 0 Å². The van der Waals surface area contributed by atoms with Crippen LogP contribution in [-0.2, 0) is 6.42 Å². The Morgan fingerprint density at radius 2 is 2.28 bits per heavy atom. The third-order valence-corrected chi connectivity index (χ3v) is 2.66. The molecule has 92 valence electrons. The van der Waals surface area contributed by atoms with Crippen LogP contribution >= 0.6 is 0 Å². The largest absolute Gasteiger partial charge is 0.494 e. The number of nitrogens with zero attached hydrogens (tertiary/aromatic N) is 2. The van der Waals surface area contributed by atoms with Crippen molar-refractivity contribution in [2.75, 3.05) is 6.61 Å². The van der Waals surface area contributed by atoms with E-state index in [-0.39, 0.29) is 0 Å². The number of rotatable bonds is 4. The van der Waals surface area contributed by atoms with Gasteiger partial charge < -0.3 is 9.72 Å². The number of aryl methyl sites for hydroxylation is 1. The molecule has 18 heavy (non-hydrogen) atoms. The summed E-state index contributed by atoms with van der Waals surface area (Å²) in [4.78, 5) is 7.30. The van der Waals surface area contributed by atoms with Crippen molar-refractivity contribution in [1.29, 1.82) is 5.26 Å². The van der Waals surface area contributed by atoms with Crippen molar-refractivity contribution in [2.24, 2.45) is 0 Å². The van der Waals surface area contributed by atoms with E-state index < -0.39 is 0 Å². The summed E-state index contributed by atoms with van der Waals surface area (Å²) in [5.74, 6) is 1.59. The standard InChI is InChI=1S/C14H15N3O/c1-3-18-13-5-4-11(8-10(13)2)12-9-16-14(17-12)6-7-15/h4-5,8-9H,3,6H2,1-2H3,(H,16,17). The Labute approximate surface area is 106 Å². The molecule has 0 aliphatic rings. The molecule has 0 bridgehead atoms. The first kappa shape index (κ1) is 12.2. The molecule has 2 aromatic rings. The fraction of sp³-hybridized carbons (Fsp3) is 0.286. The SMILES string of the molecule is CCOc1ccc(-c2cnc(CC#N)[nH]2)cc1C. The molecule has 4 nitrogen and oxygen atoms in total. The molecule has 0 amide bonds. The highest BCUT2D eigenvalue weighted by Gasteiger charge is 2.05. The van der Waals surface area contributed by atoms with Gasteiger partial charge in [-0.25, -0.2) is 4.98 Å². The van der Waals surface area contributed by atoms with Gasteiger partial charge in [0.25, 0.3) is 0 Å². The highest BCUT2D eigenvalue weighted by atomic mass is 16.5. The molecule has 4 heteroatoms. The molecule has 0 fully saturated rings. The third kappa shape index (κ3) is 2.51. The van der Waals surface area contributed by atoms with Gasteiger partial charge in [0, 0.05) is 5.56 Å². The number of imidazole rings is 1. The van der Waals surface area contributed by atoms with Crippen LogP contribution in [0.5, 0.6) is 5.75 Å². The number of nitriles is 1. The average molecular weight is 241 g/mol.